The zero-order valence-electron chi connectivity index (χ0n) is 6.96. The van der Waals surface area contributed by atoms with Crippen LogP contribution in [0.1, 0.15) is 18.4 Å². The van der Waals surface area contributed by atoms with Gasteiger partial charge in [0, 0.05) is 0 Å². The molecule has 2 rings (SSSR count). The van der Waals surface area contributed by atoms with Crippen LogP contribution < -0.4 is 0 Å². The first-order chi connectivity index (χ1) is 5.97. The number of benzene rings is 1. The second-order valence-electron chi connectivity index (χ2n) is 2.90. The van der Waals surface area contributed by atoms with Gasteiger partial charge in [0.2, 0.25) is 0 Å². The highest BCUT2D eigenvalue weighted by Gasteiger charge is 1.99. The monoisotopic (exact) mass is 155 g/mol. The lowest BCUT2D eigenvalue weighted by molar-refractivity contribution is 1.01. The van der Waals surface area contributed by atoms with Gasteiger partial charge in [-0.25, -0.2) is 0 Å². The van der Waals surface area contributed by atoms with E-state index in [0.29, 0.717) is 0 Å². The quantitative estimate of drug-likeness (QED) is 0.584. The van der Waals surface area contributed by atoms with Crippen LogP contribution in [0.2, 0.25) is 0 Å². The molecule has 0 aliphatic heterocycles. The van der Waals surface area contributed by atoms with Crippen LogP contribution in [0.3, 0.4) is 0 Å². The Labute approximate surface area is 73.2 Å². The second-order valence-corrected chi connectivity index (χ2v) is 2.90. The van der Waals surface area contributed by atoms with Crippen LogP contribution in [0.15, 0.2) is 42.5 Å². The van der Waals surface area contributed by atoms with Gasteiger partial charge >= 0.3 is 0 Å². The first-order valence-corrected chi connectivity index (χ1v) is 4.29. The number of hydrogen-bond acceptors (Lipinski definition) is 0. The third kappa shape index (κ3) is 1.48. The predicted octanol–water partition coefficient (Wildman–Crippen LogP) is 3.22. The Kier molecular flexibility index (Phi) is 2.08. The maximum atomic E-state index is 3.37. The fraction of sp³-hybridized carbons (Fsp3) is 0.167. The van der Waals surface area contributed by atoms with E-state index >= 15 is 0 Å². The van der Waals surface area contributed by atoms with Gasteiger partial charge in [-0.2, -0.15) is 0 Å². The fourth-order valence-corrected chi connectivity index (χ4v) is 1.37. The molecule has 59 valence electrons. The molecule has 1 radical (unpaired) electrons. The van der Waals surface area contributed by atoms with E-state index in [1.54, 1.807) is 0 Å². The Morgan fingerprint density at radius 2 is 1.92 bits per heavy atom. The van der Waals surface area contributed by atoms with Crippen LogP contribution in [-0.4, -0.2) is 0 Å². The third-order valence-electron chi connectivity index (χ3n) is 2.00. The summed E-state index contributed by atoms with van der Waals surface area (Å²) in [6.07, 6.45) is 9.92. The van der Waals surface area contributed by atoms with Gasteiger partial charge in [-0.1, -0.05) is 42.5 Å². The minimum atomic E-state index is 1.06. The predicted molar refractivity (Wildman–Crippen MR) is 51.5 cm³/mol. The van der Waals surface area contributed by atoms with Crippen LogP contribution in [0.25, 0.3) is 5.57 Å². The molecule has 12 heavy (non-hydrogen) atoms. The molecule has 0 spiro atoms. The normalized spacial score (nSPS) is 15.8. The van der Waals surface area contributed by atoms with E-state index in [2.05, 4.69) is 42.5 Å². The molecule has 0 heterocycles. The molecule has 0 aromatic heterocycles. The van der Waals surface area contributed by atoms with Crippen LogP contribution in [0.4, 0.5) is 0 Å². The highest BCUT2D eigenvalue weighted by atomic mass is 14.0. The van der Waals surface area contributed by atoms with E-state index < -0.39 is 0 Å². The summed E-state index contributed by atoms with van der Waals surface area (Å²) in [7, 11) is 0. The summed E-state index contributed by atoms with van der Waals surface area (Å²) in [5, 5.41) is 0. The van der Waals surface area contributed by atoms with Crippen LogP contribution in [0.5, 0.6) is 0 Å². The van der Waals surface area contributed by atoms with Gasteiger partial charge < -0.3 is 0 Å². The molecule has 1 aromatic carbocycles. The average Bonchev–Trinajstić information content (AvgIpc) is 2.21. The first-order valence-electron chi connectivity index (χ1n) is 4.29. The number of hydrogen-bond donors (Lipinski definition) is 0. The van der Waals surface area contributed by atoms with E-state index in [1.165, 1.54) is 11.1 Å². The van der Waals surface area contributed by atoms with E-state index in [9.17, 15) is 0 Å². The molecular formula is C12H11. The van der Waals surface area contributed by atoms with Crippen LogP contribution in [-0.2, 0) is 0 Å². The Hall–Kier alpha value is -1.30. The third-order valence-corrected chi connectivity index (χ3v) is 2.00. The zero-order chi connectivity index (χ0) is 8.23. The molecule has 1 aliphatic carbocycles. The smallest absolute Gasteiger partial charge is 0.0152 e. The minimum absolute atomic E-state index is 1.06. The summed E-state index contributed by atoms with van der Waals surface area (Å²) >= 11 is 0. The highest BCUT2D eigenvalue weighted by molar-refractivity contribution is 5.72. The largest absolute Gasteiger partial charge is 0.0836 e. The molecule has 0 nitrogen and oxygen atoms in total. The van der Waals surface area contributed by atoms with Gasteiger partial charge in [0.25, 0.3) is 0 Å². The SMILES string of the molecule is [C]1=C(c2ccccc2)C=CCC1. The van der Waals surface area contributed by atoms with Crippen LogP contribution in [0, 0.1) is 6.08 Å². The Bertz CT molecular complexity index is 304. The van der Waals surface area contributed by atoms with E-state index in [1.807, 2.05) is 6.07 Å². The molecule has 0 fully saturated rings. The summed E-state index contributed by atoms with van der Waals surface area (Å²) in [5.41, 5.74) is 2.51. The molecule has 0 heteroatoms. The molecule has 0 N–H and O–H groups in total. The molecule has 0 bridgehead atoms. The van der Waals surface area contributed by atoms with Crippen molar-refractivity contribution in [2.24, 2.45) is 0 Å². The summed E-state index contributed by atoms with van der Waals surface area (Å²) in [6, 6.07) is 10.4. The Morgan fingerprint density at radius 3 is 2.58 bits per heavy atom. The van der Waals surface area contributed by atoms with E-state index in [0.717, 1.165) is 12.8 Å². The summed E-state index contributed by atoms with van der Waals surface area (Å²) in [5.74, 6) is 0. The van der Waals surface area contributed by atoms with Crippen molar-refractivity contribution in [1.29, 1.82) is 0 Å². The lowest BCUT2D eigenvalue weighted by Gasteiger charge is -2.05. The summed E-state index contributed by atoms with van der Waals surface area (Å²) in [6.45, 7) is 0. The first kappa shape index (κ1) is 7.35. The van der Waals surface area contributed by atoms with Gasteiger partial charge in [-0.05, 0) is 30.1 Å². The Morgan fingerprint density at radius 1 is 1.08 bits per heavy atom. The van der Waals surface area contributed by atoms with Gasteiger partial charge in [-0.3, -0.25) is 0 Å². The van der Waals surface area contributed by atoms with Gasteiger partial charge in [0.15, 0.2) is 0 Å². The van der Waals surface area contributed by atoms with Crippen molar-refractivity contribution < 1.29 is 0 Å². The maximum Gasteiger partial charge on any atom is -0.0152 e. The molecule has 0 unspecified atom stereocenters. The minimum Gasteiger partial charge on any atom is -0.0836 e. The highest BCUT2D eigenvalue weighted by Crippen LogP contribution is 2.19. The van der Waals surface area contributed by atoms with Crippen molar-refractivity contribution in [2.45, 2.75) is 12.8 Å². The lowest BCUT2D eigenvalue weighted by atomic mass is 10.00. The number of allylic oxidation sites excluding steroid dienone is 4. The molecule has 0 amide bonds. The molecule has 1 aliphatic rings. The van der Waals surface area contributed by atoms with E-state index in [-0.39, 0.29) is 0 Å². The summed E-state index contributed by atoms with van der Waals surface area (Å²) < 4.78 is 0. The fourth-order valence-electron chi connectivity index (χ4n) is 1.37. The van der Waals surface area contributed by atoms with Crippen LogP contribution >= 0.6 is 0 Å². The van der Waals surface area contributed by atoms with Crippen molar-refractivity contribution in [2.75, 3.05) is 0 Å². The zero-order valence-corrected chi connectivity index (χ0v) is 6.96. The van der Waals surface area contributed by atoms with Crippen molar-refractivity contribution in [3.63, 3.8) is 0 Å². The topological polar surface area (TPSA) is 0 Å². The second kappa shape index (κ2) is 3.40. The van der Waals surface area contributed by atoms with Gasteiger partial charge in [0.1, 0.15) is 0 Å². The van der Waals surface area contributed by atoms with Crippen molar-refractivity contribution in [3.05, 3.63) is 54.1 Å². The molecule has 0 atom stereocenters. The average molecular weight is 155 g/mol. The van der Waals surface area contributed by atoms with Crippen molar-refractivity contribution >= 4 is 5.57 Å². The Balaban J connectivity index is 2.31. The number of rotatable bonds is 1. The maximum absolute atomic E-state index is 3.37. The molecule has 0 saturated heterocycles. The standard InChI is InChI=1S/C12H11/c1-3-7-11(8-4-1)12-9-5-2-6-10-12/h1,3-5,7-9H,2,6H2. The molecular weight excluding hydrogens is 144 g/mol. The van der Waals surface area contributed by atoms with E-state index in [4.69, 9.17) is 0 Å². The molecule has 1 aromatic rings. The lowest BCUT2D eigenvalue weighted by Crippen LogP contribution is -1.84. The molecule has 0 saturated carbocycles. The van der Waals surface area contributed by atoms with Crippen molar-refractivity contribution in [1.82, 2.24) is 0 Å². The van der Waals surface area contributed by atoms with Gasteiger partial charge in [-0.15, -0.1) is 0 Å². The summed E-state index contributed by atoms with van der Waals surface area (Å²) in [4.78, 5) is 0. The van der Waals surface area contributed by atoms with Gasteiger partial charge in [0.05, 0.1) is 0 Å². The van der Waals surface area contributed by atoms with Crippen molar-refractivity contribution in [3.8, 4) is 0 Å².